The number of halogens is 1. The maximum absolute atomic E-state index is 13.2. The Hall–Kier alpha value is -2.28. The lowest BCUT2D eigenvalue weighted by atomic mass is 9.84. The van der Waals surface area contributed by atoms with Gasteiger partial charge in [-0.25, -0.2) is 4.39 Å². The molecule has 1 fully saturated rings. The number of aryl methyl sites for hydroxylation is 1. The highest BCUT2D eigenvalue weighted by molar-refractivity contribution is 5.92. The van der Waals surface area contributed by atoms with Crippen molar-refractivity contribution >= 4 is 11.6 Å². The summed E-state index contributed by atoms with van der Waals surface area (Å²) in [4.78, 5) is 15.8. The molecule has 5 nitrogen and oxygen atoms in total. The third-order valence-electron chi connectivity index (χ3n) is 6.48. The molecule has 0 bridgehead atoms. The minimum absolute atomic E-state index is 0.0474. The van der Waals surface area contributed by atoms with Crippen LogP contribution in [0.2, 0.25) is 0 Å². The molecule has 160 valence electrons. The van der Waals surface area contributed by atoms with Crippen molar-refractivity contribution in [2.45, 2.75) is 44.3 Å². The van der Waals surface area contributed by atoms with E-state index in [2.05, 4.69) is 4.90 Å². The number of aliphatic hydroxyl groups excluding tert-OH is 1. The van der Waals surface area contributed by atoms with E-state index in [1.165, 1.54) is 12.1 Å². The molecular formula is C24H29FN2O3. The average Bonchev–Trinajstić information content (AvgIpc) is 2.75. The van der Waals surface area contributed by atoms with Crippen molar-refractivity contribution in [3.8, 4) is 0 Å². The van der Waals surface area contributed by atoms with Gasteiger partial charge in [-0.2, -0.15) is 0 Å². The molecule has 0 spiro atoms. The maximum atomic E-state index is 13.2. The van der Waals surface area contributed by atoms with Gasteiger partial charge in [-0.3, -0.25) is 4.79 Å². The van der Waals surface area contributed by atoms with Gasteiger partial charge in [0, 0.05) is 38.8 Å². The predicted molar refractivity (Wildman–Crippen MR) is 114 cm³/mol. The molecular weight excluding hydrogens is 383 g/mol. The molecule has 0 aromatic heterocycles. The molecule has 1 saturated heterocycles. The minimum Gasteiger partial charge on any atom is -0.387 e. The summed E-state index contributed by atoms with van der Waals surface area (Å²) < 4.78 is 13.2. The average molecular weight is 413 g/mol. The van der Waals surface area contributed by atoms with Crippen LogP contribution >= 0.6 is 0 Å². The molecule has 0 saturated carbocycles. The Morgan fingerprint density at radius 2 is 1.83 bits per heavy atom. The third kappa shape index (κ3) is 4.26. The van der Waals surface area contributed by atoms with Gasteiger partial charge in [0.2, 0.25) is 5.91 Å². The van der Waals surface area contributed by atoms with E-state index in [1.807, 2.05) is 18.2 Å². The zero-order chi connectivity index (χ0) is 21.3. The largest absolute Gasteiger partial charge is 0.387 e. The quantitative estimate of drug-likeness (QED) is 0.810. The molecule has 2 aromatic carbocycles. The van der Waals surface area contributed by atoms with Crippen molar-refractivity contribution in [2.75, 3.05) is 31.1 Å². The van der Waals surface area contributed by atoms with Crippen LogP contribution in [-0.2, 0) is 16.8 Å². The Labute approximate surface area is 176 Å². The van der Waals surface area contributed by atoms with E-state index in [0.29, 0.717) is 32.5 Å². The van der Waals surface area contributed by atoms with Gasteiger partial charge in [-0.05, 0) is 60.6 Å². The highest BCUT2D eigenvalue weighted by Crippen LogP contribution is 2.34. The first-order chi connectivity index (χ1) is 14.4. The molecule has 6 heteroatoms. The Morgan fingerprint density at radius 3 is 2.50 bits per heavy atom. The lowest BCUT2D eigenvalue weighted by Gasteiger charge is -2.39. The summed E-state index contributed by atoms with van der Waals surface area (Å²) in [6.07, 6.45) is 2.31. The van der Waals surface area contributed by atoms with Gasteiger partial charge in [0.05, 0.1) is 11.7 Å². The molecule has 1 amide bonds. The van der Waals surface area contributed by atoms with Gasteiger partial charge in [0.15, 0.2) is 0 Å². The molecule has 2 aliphatic rings. The highest BCUT2D eigenvalue weighted by atomic mass is 19.1. The SMILES string of the molecule is CC(=O)N1CCCc2cc([C@H](O)CN3CCC(O)(c4ccc(F)cc4)CC3)ccc21. The summed E-state index contributed by atoms with van der Waals surface area (Å²) in [6.45, 7) is 4.15. The molecule has 0 unspecified atom stereocenters. The van der Waals surface area contributed by atoms with Crippen LogP contribution in [0, 0.1) is 5.82 Å². The number of aliphatic hydroxyl groups is 2. The van der Waals surface area contributed by atoms with E-state index < -0.39 is 11.7 Å². The summed E-state index contributed by atoms with van der Waals surface area (Å²) in [5, 5.41) is 21.8. The van der Waals surface area contributed by atoms with Gasteiger partial charge >= 0.3 is 0 Å². The first-order valence-corrected chi connectivity index (χ1v) is 10.7. The maximum Gasteiger partial charge on any atom is 0.223 e. The molecule has 2 N–H and O–H groups in total. The number of fused-ring (bicyclic) bond motifs is 1. The highest BCUT2D eigenvalue weighted by Gasteiger charge is 2.34. The fourth-order valence-corrected chi connectivity index (χ4v) is 4.66. The second-order valence-electron chi connectivity index (χ2n) is 8.52. The van der Waals surface area contributed by atoms with Crippen LogP contribution in [0.5, 0.6) is 0 Å². The first kappa shape index (κ1) is 21.0. The fraction of sp³-hybridized carbons (Fsp3) is 0.458. The summed E-state index contributed by atoms with van der Waals surface area (Å²) >= 11 is 0. The van der Waals surface area contributed by atoms with Gasteiger partial charge < -0.3 is 20.0 Å². The summed E-state index contributed by atoms with van der Waals surface area (Å²) in [6, 6.07) is 11.9. The van der Waals surface area contributed by atoms with Crippen molar-refractivity contribution in [1.82, 2.24) is 4.90 Å². The van der Waals surface area contributed by atoms with E-state index >= 15 is 0 Å². The number of hydrogen-bond acceptors (Lipinski definition) is 4. The number of piperidine rings is 1. The van der Waals surface area contributed by atoms with Crippen molar-refractivity contribution in [1.29, 1.82) is 0 Å². The Kier molecular flexibility index (Phi) is 5.91. The number of benzene rings is 2. The topological polar surface area (TPSA) is 64.0 Å². The van der Waals surface area contributed by atoms with Crippen LogP contribution in [-0.4, -0.2) is 47.2 Å². The first-order valence-electron chi connectivity index (χ1n) is 10.7. The minimum atomic E-state index is -0.947. The number of likely N-dealkylation sites (tertiary alicyclic amines) is 1. The predicted octanol–water partition coefficient (Wildman–Crippen LogP) is 3.14. The summed E-state index contributed by atoms with van der Waals surface area (Å²) in [7, 11) is 0. The number of rotatable bonds is 4. The number of hydrogen-bond donors (Lipinski definition) is 2. The molecule has 4 rings (SSSR count). The van der Waals surface area contributed by atoms with E-state index in [1.54, 1.807) is 24.0 Å². The van der Waals surface area contributed by atoms with Crippen molar-refractivity contribution in [2.24, 2.45) is 0 Å². The second-order valence-corrected chi connectivity index (χ2v) is 8.52. The number of amides is 1. The van der Waals surface area contributed by atoms with E-state index in [0.717, 1.165) is 41.8 Å². The van der Waals surface area contributed by atoms with Crippen LogP contribution in [0.3, 0.4) is 0 Å². The van der Waals surface area contributed by atoms with Crippen LogP contribution in [0.4, 0.5) is 10.1 Å². The Bertz CT molecular complexity index is 907. The van der Waals surface area contributed by atoms with Gasteiger partial charge in [0.25, 0.3) is 0 Å². The molecule has 0 radical (unpaired) electrons. The van der Waals surface area contributed by atoms with E-state index in [4.69, 9.17) is 0 Å². The number of carbonyl (C=O) groups excluding carboxylic acids is 1. The lowest BCUT2D eigenvalue weighted by Crippen LogP contribution is -2.44. The zero-order valence-electron chi connectivity index (χ0n) is 17.4. The van der Waals surface area contributed by atoms with Crippen LogP contribution in [0.25, 0.3) is 0 Å². The molecule has 2 aromatic rings. The van der Waals surface area contributed by atoms with E-state index in [-0.39, 0.29) is 11.7 Å². The Morgan fingerprint density at radius 1 is 1.13 bits per heavy atom. The van der Waals surface area contributed by atoms with Crippen LogP contribution in [0.1, 0.15) is 49.0 Å². The van der Waals surface area contributed by atoms with Gasteiger partial charge in [-0.1, -0.05) is 24.3 Å². The zero-order valence-corrected chi connectivity index (χ0v) is 17.4. The molecule has 30 heavy (non-hydrogen) atoms. The number of anilines is 1. The van der Waals surface area contributed by atoms with Crippen LogP contribution < -0.4 is 4.90 Å². The number of carbonyl (C=O) groups is 1. The van der Waals surface area contributed by atoms with Crippen LogP contribution in [0.15, 0.2) is 42.5 Å². The lowest BCUT2D eigenvalue weighted by molar-refractivity contribution is -0.116. The third-order valence-corrected chi connectivity index (χ3v) is 6.48. The van der Waals surface area contributed by atoms with Crippen molar-refractivity contribution < 1.29 is 19.4 Å². The standard InChI is InChI=1S/C24H29FN2O3/c1-17(28)27-12-2-3-18-15-19(4-9-22(18)27)23(29)16-26-13-10-24(30,11-14-26)20-5-7-21(25)8-6-20/h4-9,15,23,29-30H,2-3,10-14,16H2,1H3/t23-/m1/s1. The van der Waals surface area contributed by atoms with Gasteiger partial charge in [0.1, 0.15) is 5.82 Å². The fourth-order valence-electron chi connectivity index (χ4n) is 4.66. The monoisotopic (exact) mass is 412 g/mol. The summed E-state index contributed by atoms with van der Waals surface area (Å²) in [5.74, 6) is -0.259. The smallest absolute Gasteiger partial charge is 0.223 e. The molecule has 1 atom stereocenters. The second kappa shape index (κ2) is 8.46. The normalized spacial score (nSPS) is 19.9. The van der Waals surface area contributed by atoms with Crippen molar-refractivity contribution in [3.63, 3.8) is 0 Å². The van der Waals surface area contributed by atoms with Gasteiger partial charge in [-0.15, -0.1) is 0 Å². The van der Waals surface area contributed by atoms with E-state index in [9.17, 15) is 19.4 Å². The molecule has 0 aliphatic carbocycles. The van der Waals surface area contributed by atoms with Crippen molar-refractivity contribution in [3.05, 3.63) is 65.0 Å². The number of β-amino-alcohol motifs (C(OH)–C–C–N with tert-alkyl or cyclic N) is 1. The Balaban J connectivity index is 1.39. The molecule has 2 heterocycles. The summed E-state index contributed by atoms with van der Waals surface area (Å²) in [5.41, 5.74) is 2.72. The number of nitrogens with zero attached hydrogens (tertiary/aromatic N) is 2. The molecule has 2 aliphatic heterocycles.